The number of nitrogens with one attached hydrogen (secondary N) is 1. The Morgan fingerprint density at radius 2 is 2.11 bits per heavy atom. The van der Waals surface area contributed by atoms with Crippen molar-refractivity contribution in [3.63, 3.8) is 0 Å². The molecule has 0 radical (unpaired) electrons. The predicted molar refractivity (Wildman–Crippen MR) is 71.2 cm³/mol. The highest BCUT2D eigenvalue weighted by Gasteiger charge is 2.35. The van der Waals surface area contributed by atoms with E-state index in [0.717, 1.165) is 38.8 Å². The van der Waals surface area contributed by atoms with E-state index in [0.29, 0.717) is 24.4 Å². The number of hydrogen-bond acceptors (Lipinski definition) is 3. The van der Waals surface area contributed by atoms with Gasteiger partial charge in [0.25, 0.3) is 0 Å². The lowest BCUT2D eigenvalue weighted by Crippen LogP contribution is -2.53. The minimum atomic E-state index is 0.137. The monoisotopic (exact) mass is 254 g/mol. The van der Waals surface area contributed by atoms with E-state index in [2.05, 4.69) is 12.2 Å². The largest absolute Gasteiger partial charge is 0.396 e. The van der Waals surface area contributed by atoms with Gasteiger partial charge in [0.2, 0.25) is 5.91 Å². The van der Waals surface area contributed by atoms with Gasteiger partial charge in [-0.1, -0.05) is 0 Å². The van der Waals surface area contributed by atoms with Crippen LogP contribution in [0.2, 0.25) is 0 Å². The van der Waals surface area contributed by atoms with E-state index in [4.69, 9.17) is 5.11 Å². The summed E-state index contributed by atoms with van der Waals surface area (Å²) in [6.07, 6.45) is 6.34. The van der Waals surface area contributed by atoms with Crippen molar-refractivity contribution in [3.8, 4) is 0 Å². The maximum Gasteiger partial charge on any atom is 0.227 e. The molecule has 0 aromatic carbocycles. The van der Waals surface area contributed by atoms with Gasteiger partial charge in [0, 0.05) is 25.2 Å². The molecule has 0 spiro atoms. The summed E-state index contributed by atoms with van der Waals surface area (Å²) in [7, 11) is 0. The van der Waals surface area contributed by atoms with Gasteiger partial charge in [0.1, 0.15) is 0 Å². The number of aliphatic hydroxyl groups is 1. The molecule has 1 heterocycles. The lowest BCUT2D eigenvalue weighted by atomic mass is 9.86. The molecule has 1 aliphatic heterocycles. The zero-order chi connectivity index (χ0) is 13.0. The Kier molecular flexibility index (Phi) is 5.01. The van der Waals surface area contributed by atoms with Gasteiger partial charge in [-0.3, -0.25) is 4.79 Å². The first-order valence-electron chi connectivity index (χ1n) is 7.38. The Balaban J connectivity index is 1.96. The molecule has 4 nitrogen and oxygen atoms in total. The molecular formula is C14H26N2O2. The number of aliphatic hydroxyl groups excluding tert-OH is 1. The van der Waals surface area contributed by atoms with Crippen LogP contribution < -0.4 is 5.32 Å². The van der Waals surface area contributed by atoms with Crippen LogP contribution in [0.4, 0.5) is 0 Å². The lowest BCUT2D eigenvalue weighted by Gasteiger charge is -2.41. The lowest BCUT2D eigenvalue weighted by molar-refractivity contribution is -0.141. The molecule has 18 heavy (non-hydrogen) atoms. The Morgan fingerprint density at radius 3 is 2.67 bits per heavy atom. The summed E-state index contributed by atoms with van der Waals surface area (Å²) in [5.41, 5.74) is 0. The smallest absolute Gasteiger partial charge is 0.227 e. The molecule has 4 heteroatoms. The van der Waals surface area contributed by atoms with Crippen molar-refractivity contribution >= 4 is 5.91 Å². The summed E-state index contributed by atoms with van der Waals surface area (Å²) in [4.78, 5) is 14.7. The third-order valence-electron chi connectivity index (χ3n) is 4.43. The van der Waals surface area contributed by atoms with Gasteiger partial charge in [-0.15, -0.1) is 0 Å². The maximum atomic E-state index is 12.7. The second-order valence-electron chi connectivity index (χ2n) is 5.69. The van der Waals surface area contributed by atoms with Crippen LogP contribution in [0, 0.1) is 5.92 Å². The van der Waals surface area contributed by atoms with Crippen LogP contribution >= 0.6 is 0 Å². The SMILES string of the molecule is CC1NCCCC1C(=O)N(CCCO)C1CCC1. The molecule has 2 aliphatic rings. The van der Waals surface area contributed by atoms with Gasteiger partial charge in [0.15, 0.2) is 0 Å². The molecule has 2 rings (SSSR count). The van der Waals surface area contributed by atoms with Crippen molar-refractivity contribution in [1.82, 2.24) is 10.2 Å². The first-order valence-corrected chi connectivity index (χ1v) is 7.38. The van der Waals surface area contributed by atoms with Gasteiger partial charge in [-0.2, -0.15) is 0 Å². The second-order valence-corrected chi connectivity index (χ2v) is 5.69. The van der Waals surface area contributed by atoms with Gasteiger partial charge in [0.05, 0.1) is 5.92 Å². The summed E-state index contributed by atoms with van der Waals surface area (Å²) >= 11 is 0. The molecule has 0 bridgehead atoms. The highest BCUT2D eigenvalue weighted by atomic mass is 16.3. The average Bonchev–Trinajstić information content (AvgIpc) is 2.32. The first-order chi connectivity index (χ1) is 8.74. The molecule has 1 saturated heterocycles. The van der Waals surface area contributed by atoms with E-state index in [9.17, 15) is 4.79 Å². The second kappa shape index (κ2) is 6.53. The van der Waals surface area contributed by atoms with Crippen molar-refractivity contribution in [1.29, 1.82) is 0 Å². The Bertz CT molecular complexity index is 279. The van der Waals surface area contributed by atoms with Crippen molar-refractivity contribution in [2.45, 2.75) is 57.5 Å². The van der Waals surface area contributed by atoms with Gasteiger partial charge in [-0.05, 0) is 52.0 Å². The number of hydrogen-bond donors (Lipinski definition) is 2. The number of carbonyl (C=O) groups is 1. The highest BCUT2D eigenvalue weighted by molar-refractivity contribution is 5.80. The standard InChI is InChI=1S/C14H26N2O2/c1-11-13(7-3-8-15-11)14(18)16(9-4-10-17)12-5-2-6-12/h11-13,15,17H,2-10H2,1H3. The van der Waals surface area contributed by atoms with Gasteiger partial charge < -0.3 is 15.3 Å². The molecule has 2 atom stereocenters. The summed E-state index contributed by atoms with van der Waals surface area (Å²) in [5.74, 6) is 0.450. The van der Waals surface area contributed by atoms with E-state index in [1.54, 1.807) is 0 Å². The highest BCUT2D eigenvalue weighted by Crippen LogP contribution is 2.28. The summed E-state index contributed by atoms with van der Waals surface area (Å²) in [6.45, 7) is 4.05. The van der Waals surface area contributed by atoms with Crippen molar-refractivity contribution < 1.29 is 9.90 Å². The van der Waals surface area contributed by atoms with Gasteiger partial charge >= 0.3 is 0 Å². The maximum absolute atomic E-state index is 12.7. The van der Waals surface area contributed by atoms with Crippen LogP contribution in [0.1, 0.15) is 45.4 Å². The molecule has 2 N–H and O–H groups in total. The number of nitrogens with zero attached hydrogens (tertiary/aromatic N) is 1. The topological polar surface area (TPSA) is 52.6 Å². The summed E-state index contributed by atoms with van der Waals surface area (Å²) in [6, 6.07) is 0.737. The molecule has 2 unspecified atom stereocenters. The van der Waals surface area contributed by atoms with Crippen LogP contribution in [0.25, 0.3) is 0 Å². The fraction of sp³-hybridized carbons (Fsp3) is 0.929. The van der Waals surface area contributed by atoms with Crippen LogP contribution in [-0.4, -0.2) is 47.7 Å². The van der Waals surface area contributed by atoms with Crippen molar-refractivity contribution in [2.24, 2.45) is 5.92 Å². The van der Waals surface area contributed by atoms with E-state index in [-0.39, 0.29) is 12.5 Å². The van der Waals surface area contributed by atoms with Gasteiger partial charge in [-0.25, -0.2) is 0 Å². The zero-order valence-electron chi connectivity index (χ0n) is 11.4. The number of carbonyl (C=O) groups excluding carboxylic acids is 1. The van der Waals surface area contributed by atoms with Crippen molar-refractivity contribution in [3.05, 3.63) is 0 Å². The minimum Gasteiger partial charge on any atom is -0.396 e. The van der Waals surface area contributed by atoms with E-state index >= 15 is 0 Å². The summed E-state index contributed by atoms with van der Waals surface area (Å²) < 4.78 is 0. The third-order valence-corrected chi connectivity index (χ3v) is 4.43. The van der Waals surface area contributed by atoms with Crippen LogP contribution in [0.3, 0.4) is 0 Å². The number of amides is 1. The molecule has 2 fully saturated rings. The van der Waals surface area contributed by atoms with Crippen LogP contribution in [-0.2, 0) is 4.79 Å². The minimum absolute atomic E-state index is 0.137. The third kappa shape index (κ3) is 3.04. The predicted octanol–water partition coefficient (Wildman–Crippen LogP) is 1.14. The molecule has 104 valence electrons. The van der Waals surface area contributed by atoms with Crippen molar-refractivity contribution in [2.75, 3.05) is 19.7 Å². The quantitative estimate of drug-likeness (QED) is 0.773. The Hall–Kier alpha value is -0.610. The average molecular weight is 254 g/mol. The zero-order valence-corrected chi connectivity index (χ0v) is 11.4. The fourth-order valence-electron chi connectivity index (χ4n) is 3.01. The molecule has 0 aromatic heterocycles. The molecular weight excluding hydrogens is 228 g/mol. The fourth-order valence-corrected chi connectivity index (χ4v) is 3.01. The van der Waals surface area contributed by atoms with Crippen LogP contribution in [0.5, 0.6) is 0 Å². The van der Waals surface area contributed by atoms with Crippen LogP contribution in [0.15, 0.2) is 0 Å². The van der Waals surface area contributed by atoms with E-state index in [1.807, 2.05) is 4.90 Å². The van der Waals surface area contributed by atoms with E-state index in [1.165, 1.54) is 6.42 Å². The Morgan fingerprint density at radius 1 is 1.33 bits per heavy atom. The molecule has 1 aliphatic carbocycles. The molecule has 0 aromatic rings. The molecule has 1 amide bonds. The molecule has 1 saturated carbocycles. The van der Waals surface area contributed by atoms with E-state index < -0.39 is 0 Å². The number of piperidine rings is 1. The summed E-state index contributed by atoms with van der Waals surface area (Å²) in [5, 5.41) is 12.4. The number of rotatable bonds is 5. The normalized spacial score (nSPS) is 28.8. The Labute approximate surface area is 110 Å². The first kappa shape index (κ1) is 13.8.